The molecule has 0 heterocycles. The van der Waals surface area contributed by atoms with Gasteiger partial charge in [-0.1, -0.05) is 31.4 Å². The smallest absolute Gasteiger partial charge is 0.116 e. The Labute approximate surface area is 127 Å². The third-order valence-electron chi connectivity index (χ3n) is 2.74. The lowest BCUT2D eigenvalue weighted by Crippen LogP contribution is -2.05. The second-order valence-corrected chi connectivity index (χ2v) is 4.36. The molecule has 3 nitrogen and oxygen atoms in total. The van der Waals surface area contributed by atoms with E-state index in [-0.39, 0.29) is 0 Å². The Morgan fingerprint density at radius 2 is 1.90 bits per heavy atom. The summed E-state index contributed by atoms with van der Waals surface area (Å²) in [7, 11) is 0. The van der Waals surface area contributed by atoms with Crippen LogP contribution in [0, 0.1) is 0 Å². The molecule has 0 radical (unpaired) electrons. The molecule has 21 heavy (non-hydrogen) atoms. The summed E-state index contributed by atoms with van der Waals surface area (Å²) in [5, 5.41) is 6.52. The van der Waals surface area contributed by atoms with Gasteiger partial charge in [-0.05, 0) is 49.8 Å². The average Bonchev–Trinajstić information content (AvgIpc) is 2.49. The van der Waals surface area contributed by atoms with Crippen LogP contribution in [0.3, 0.4) is 0 Å². The van der Waals surface area contributed by atoms with Crippen molar-refractivity contribution < 1.29 is 4.74 Å². The molecule has 0 saturated heterocycles. The van der Waals surface area contributed by atoms with E-state index >= 15 is 0 Å². The summed E-state index contributed by atoms with van der Waals surface area (Å²) in [6, 6.07) is 8.03. The van der Waals surface area contributed by atoms with Crippen molar-refractivity contribution in [2.24, 2.45) is 0 Å². The first-order valence-electron chi connectivity index (χ1n) is 7.04. The summed E-state index contributed by atoms with van der Waals surface area (Å²) in [5.41, 5.74) is 3.86. The predicted octanol–water partition coefficient (Wildman–Crippen LogP) is 4.71. The van der Waals surface area contributed by atoms with Crippen molar-refractivity contribution in [2.75, 3.05) is 24.0 Å². The van der Waals surface area contributed by atoms with Gasteiger partial charge in [0.05, 0.1) is 0 Å². The van der Waals surface area contributed by atoms with Crippen LogP contribution in [0.5, 0.6) is 0 Å². The van der Waals surface area contributed by atoms with Gasteiger partial charge in [-0.15, -0.1) is 0 Å². The molecule has 2 N–H and O–H groups in total. The largest absolute Gasteiger partial charge is 0.363 e. The van der Waals surface area contributed by atoms with Gasteiger partial charge in [-0.25, -0.2) is 0 Å². The highest BCUT2D eigenvalue weighted by atomic mass is 16.5. The van der Waals surface area contributed by atoms with E-state index in [4.69, 9.17) is 4.74 Å². The summed E-state index contributed by atoms with van der Waals surface area (Å²) in [5.74, 6) is 0. The minimum absolute atomic E-state index is 0.517. The quantitative estimate of drug-likeness (QED) is 0.391. The van der Waals surface area contributed by atoms with Gasteiger partial charge in [0.15, 0.2) is 0 Å². The van der Waals surface area contributed by atoms with E-state index in [0.29, 0.717) is 13.3 Å². The van der Waals surface area contributed by atoms with Crippen LogP contribution in [-0.4, -0.2) is 13.3 Å². The van der Waals surface area contributed by atoms with E-state index in [0.717, 1.165) is 22.6 Å². The van der Waals surface area contributed by atoms with Crippen LogP contribution in [0.1, 0.15) is 13.8 Å². The summed E-state index contributed by atoms with van der Waals surface area (Å²) in [6.07, 6.45) is 7.57. The summed E-state index contributed by atoms with van der Waals surface area (Å²) >= 11 is 0. The standard InChI is InChI=1S/C18H24N2O/c1-5-8-15(4)18(9-6-2)20-17-12-10-16(11-13-17)19-14-21-7-3/h5-6,8-13,19-20H,2,4,7,14H2,1,3H3/b8-5-,18-9-. The Balaban J connectivity index is 2.70. The van der Waals surface area contributed by atoms with Crippen LogP contribution in [0.2, 0.25) is 0 Å². The van der Waals surface area contributed by atoms with Crippen molar-refractivity contribution >= 4 is 11.4 Å². The number of hydrogen-bond acceptors (Lipinski definition) is 3. The van der Waals surface area contributed by atoms with Crippen molar-refractivity contribution in [3.63, 3.8) is 0 Å². The molecule has 0 atom stereocenters. The summed E-state index contributed by atoms with van der Waals surface area (Å²) in [6.45, 7) is 12.9. The summed E-state index contributed by atoms with van der Waals surface area (Å²) in [4.78, 5) is 0. The fraction of sp³-hybridized carbons (Fsp3) is 0.222. The van der Waals surface area contributed by atoms with E-state index in [9.17, 15) is 0 Å². The Morgan fingerprint density at radius 1 is 1.24 bits per heavy atom. The first-order chi connectivity index (χ1) is 10.2. The lowest BCUT2D eigenvalue weighted by atomic mass is 10.1. The highest BCUT2D eigenvalue weighted by Crippen LogP contribution is 2.18. The van der Waals surface area contributed by atoms with Crippen molar-refractivity contribution in [3.05, 3.63) is 73.0 Å². The Morgan fingerprint density at radius 3 is 2.48 bits per heavy atom. The fourth-order valence-corrected chi connectivity index (χ4v) is 1.70. The number of benzene rings is 1. The number of allylic oxidation sites excluding steroid dienone is 4. The second kappa shape index (κ2) is 9.61. The lowest BCUT2D eigenvalue weighted by Gasteiger charge is -2.12. The van der Waals surface area contributed by atoms with Gasteiger partial charge in [0, 0.05) is 23.7 Å². The zero-order valence-corrected chi connectivity index (χ0v) is 12.9. The molecule has 0 amide bonds. The van der Waals surface area contributed by atoms with Gasteiger partial charge in [0.1, 0.15) is 6.73 Å². The van der Waals surface area contributed by atoms with Crippen LogP contribution in [0.15, 0.2) is 73.0 Å². The molecule has 0 aliphatic carbocycles. The first kappa shape index (κ1) is 16.8. The SMILES string of the molecule is C=C/C=C(\Nc1ccc(NCOCC)cc1)C(=C)/C=C\C. The highest BCUT2D eigenvalue weighted by Gasteiger charge is 2.00. The molecule has 0 saturated carbocycles. The van der Waals surface area contributed by atoms with Gasteiger partial charge in [0.2, 0.25) is 0 Å². The molecule has 0 spiro atoms. The number of anilines is 2. The van der Waals surface area contributed by atoms with Gasteiger partial charge < -0.3 is 15.4 Å². The number of rotatable bonds is 9. The maximum Gasteiger partial charge on any atom is 0.116 e. The van der Waals surface area contributed by atoms with Crippen LogP contribution in [0.25, 0.3) is 0 Å². The number of hydrogen-bond donors (Lipinski definition) is 2. The van der Waals surface area contributed by atoms with E-state index in [1.807, 2.05) is 56.3 Å². The number of ether oxygens (including phenoxy) is 1. The van der Waals surface area contributed by atoms with Crippen LogP contribution in [0.4, 0.5) is 11.4 Å². The Hall–Kier alpha value is -2.26. The van der Waals surface area contributed by atoms with Crippen LogP contribution < -0.4 is 10.6 Å². The minimum atomic E-state index is 0.517. The molecule has 0 aromatic heterocycles. The molecule has 0 bridgehead atoms. The van der Waals surface area contributed by atoms with E-state index < -0.39 is 0 Å². The molecule has 3 heteroatoms. The molecule has 1 rings (SSSR count). The number of nitrogens with one attached hydrogen (secondary N) is 2. The fourth-order valence-electron chi connectivity index (χ4n) is 1.70. The van der Waals surface area contributed by atoms with Gasteiger partial charge >= 0.3 is 0 Å². The van der Waals surface area contributed by atoms with E-state index in [2.05, 4.69) is 23.8 Å². The zero-order valence-electron chi connectivity index (χ0n) is 12.9. The predicted molar refractivity (Wildman–Crippen MR) is 92.4 cm³/mol. The third-order valence-corrected chi connectivity index (χ3v) is 2.74. The van der Waals surface area contributed by atoms with Crippen molar-refractivity contribution in [1.29, 1.82) is 0 Å². The van der Waals surface area contributed by atoms with Gasteiger partial charge in [-0.3, -0.25) is 0 Å². The molecule has 0 unspecified atom stereocenters. The molecule has 0 fully saturated rings. The third kappa shape index (κ3) is 6.15. The first-order valence-corrected chi connectivity index (χ1v) is 7.04. The lowest BCUT2D eigenvalue weighted by molar-refractivity contribution is 0.167. The van der Waals surface area contributed by atoms with Crippen LogP contribution >= 0.6 is 0 Å². The Kier molecular flexibility index (Phi) is 7.69. The van der Waals surface area contributed by atoms with Gasteiger partial charge in [-0.2, -0.15) is 0 Å². The summed E-state index contributed by atoms with van der Waals surface area (Å²) < 4.78 is 5.26. The van der Waals surface area contributed by atoms with Gasteiger partial charge in [0.25, 0.3) is 0 Å². The molecule has 112 valence electrons. The molecule has 0 aliphatic heterocycles. The molecular weight excluding hydrogens is 260 g/mol. The van der Waals surface area contributed by atoms with Crippen molar-refractivity contribution in [3.8, 4) is 0 Å². The molecule has 1 aromatic carbocycles. The van der Waals surface area contributed by atoms with Crippen molar-refractivity contribution in [1.82, 2.24) is 0 Å². The van der Waals surface area contributed by atoms with E-state index in [1.54, 1.807) is 6.08 Å². The molecule has 0 aliphatic rings. The topological polar surface area (TPSA) is 33.3 Å². The molecular formula is C18H24N2O. The van der Waals surface area contributed by atoms with Crippen molar-refractivity contribution in [2.45, 2.75) is 13.8 Å². The molecule has 1 aromatic rings. The minimum Gasteiger partial charge on any atom is -0.363 e. The zero-order chi connectivity index (χ0) is 15.5. The van der Waals surface area contributed by atoms with Crippen LogP contribution in [-0.2, 0) is 4.74 Å². The maximum absolute atomic E-state index is 5.26. The second-order valence-electron chi connectivity index (χ2n) is 4.36. The normalized spacial score (nSPS) is 11.4. The average molecular weight is 284 g/mol. The Bertz CT molecular complexity index is 513. The monoisotopic (exact) mass is 284 g/mol. The highest BCUT2D eigenvalue weighted by molar-refractivity contribution is 5.59. The maximum atomic E-state index is 5.26. The van der Waals surface area contributed by atoms with E-state index in [1.165, 1.54) is 0 Å².